The monoisotopic (exact) mass is 282 g/mol. The fraction of sp³-hybridized carbons (Fsp3) is 0.500. The molecule has 2 bridgehead atoms. The van der Waals surface area contributed by atoms with Crippen LogP contribution >= 0.6 is 0 Å². The maximum absolute atomic E-state index is 13.1. The van der Waals surface area contributed by atoms with Gasteiger partial charge in [-0.2, -0.15) is 0 Å². The van der Waals surface area contributed by atoms with Gasteiger partial charge in [0.15, 0.2) is 0 Å². The first-order valence-electron chi connectivity index (χ1n) is 5.74. The van der Waals surface area contributed by atoms with Crippen LogP contribution in [0.4, 0.5) is 17.3 Å². The zero-order chi connectivity index (χ0) is 12.5. The molecular weight excluding hydrogens is 270 g/mol. The van der Waals surface area contributed by atoms with E-state index < -0.39 is 12.3 Å². The van der Waals surface area contributed by atoms with E-state index in [1.807, 2.05) is 0 Å². The van der Waals surface area contributed by atoms with Crippen LogP contribution in [0.15, 0.2) is 18.2 Å². The van der Waals surface area contributed by atoms with E-state index in [0.29, 0.717) is 5.56 Å². The summed E-state index contributed by atoms with van der Waals surface area (Å²) in [6, 6.07) is 4.69. The van der Waals surface area contributed by atoms with Gasteiger partial charge < -0.3 is 12.9 Å². The zero-order valence-electron chi connectivity index (χ0n) is 10.4. The van der Waals surface area contributed by atoms with Crippen LogP contribution in [-0.4, -0.2) is 6.98 Å². The summed E-state index contributed by atoms with van der Waals surface area (Å²) in [4.78, 5) is 0. The van der Waals surface area contributed by atoms with Crippen molar-refractivity contribution in [2.45, 2.75) is 36.9 Å². The van der Waals surface area contributed by atoms with Gasteiger partial charge in [-0.3, -0.25) is 0 Å². The number of rotatable bonds is 2. The van der Waals surface area contributed by atoms with E-state index in [2.05, 4.69) is 0 Å². The van der Waals surface area contributed by atoms with E-state index in [-0.39, 0.29) is 81.9 Å². The van der Waals surface area contributed by atoms with Gasteiger partial charge in [-0.15, -0.1) is 0 Å². The third-order valence-corrected chi connectivity index (χ3v) is 4.54. The Morgan fingerprint density at radius 3 is 2.11 bits per heavy atom. The second kappa shape index (κ2) is 4.32. The van der Waals surface area contributed by atoms with Gasteiger partial charge in [0.2, 0.25) is 0 Å². The average Bonchev–Trinajstić information content (AvgIpc) is 2.03. The van der Waals surface area contributed by atoms with Crippen LogP contribution in [-0.2, 0) is 5.41 Å². The number of benzene rings is 1. The van der Waals surface area contributed by atoms with Crippen LogP contribution < -0.4 is 51.4 Å². The molecule has 3 aliphatic rings. The number of hydrogen-bond donors (Lipinski definition) is 0. The van der Waals surface area contributed by atoms with Crippen LogP contribution in [0, 0.1) is 12.7 Å². The molecule has 0 unspecified atom stereocenters. The first-order chi connectivity index (χ1) is 7.78. The molecular formula is C12H12BF4K. The summed E-state index contributed by atoms with van der Waals surface area (Å²) < 4.78 is 51.4. The minimum Gasteiger partial charge on any atom is -0.449 e. The molecule has 4 rings (SSSR count). The largest absolute Gasteiger partial charge is 1.00 e. The van der Waals surface area contributed by atoms with Crippen molar-refractivity contribution in [2.24, 2.45) is 0 Å². The Hall–Kier alpha value is 0.641. The summed E-state index contributed by atoms with van der Waals surface area (Å²) in [5.74, 6) is -0.296. The van der Waals surface area contributed by atoms with Crippen molar-refractivity contribution in [1.29, 1.82) is 0 Å². The van der Waals surface area contributed by atoms with Gasteiger partial charge in [0.1, 0.15) is 5.82 Å². The van der Waals surface area contributed by atoms with E-state index in [0.717, 1.165) is 5.56 Å². The van der Waals surface area contributed by atoms with E-state index in [9.17, 15) is 17.3 Å². The Balaban J connectivity index is 0.00000120. The summed E-state index contributed by atoms with van der Waals surface area (Å²) in [5.41, 5.74) is 1.08. The molecule has 3 fully saturated rings. The maximum Gasteiger partial charge on any atom is 1.00 e. The van der Waals surface area contributed by atoms with Crippen molar-refractivity contribution in [3.8, 4) is 0 Å². The Bertz CT molecular complexity index is 478. The molecule has 1 aromatic carbocycles. The molecule has 0 aromatic heterocycles. The molecule has 3 aliphatic carbocycles. The topological polar surface area (TPSA) is 0 Å². The van der Waals surface area contributed by atoms with Crippen molar-refractivity contribution < 1.29 is 68.7 Å². The summed E-state index contributed by atoms with van der Waals surface area (Å²) in [5, 5.41) is -1.37. The van der Waals surface area contributed by atoms with E-state index in [1.165, 1.54) is 6.07 Å². The molecule has 0 aliphatic heterocycles. The SMILES string of the molecule is Cc1cc(C23CC([B-](F)(F)F)(C2)C3)ccc1F.[K+]. The van der Waals surface area contributed by atoms with E-state index >= 15 is 0 Å². The van der Waals surface area contributed by atoms with Crippen molar-refractivity contribution in [3.63, 3.8) is 0 Å². The number of halogens is 4. The van der Waals surface area contributed by atoms with Crippen LogP contribution in [0.25, 0.3) is 0 Å². The molecule has 0 saturated heterocycles. The minimum atomic E-state index is -4.72. The van der Waals surface area contributed by atoms with E-state index in [4.69, 9.17) is 0 Å². The molecule has 0 radical (unpaired) electrons. The minimum absolute atomic E-state index is 0. The first kappa shape index (κ1) is 15.0. The van der Waals surface area contributed by atoms with Gasteiger partial charge in [-0.25, -0.2) is 4.39 Å². The summed E-state index contributed by atoms with van der Waals surface area (Å²) in [6.07, 6.45) is 0.609. The quantitative estimate of drug-likeness (QED) is 0.564. The second-order valence-electron chi connectivity index (χ2n) is 5.71. The van der Waals surface area contributed by atoms with Gasteiger partial charge >= 0.3 is 58.4 Å². The van der Waals surface area contributed by atoms with Gasteiger partial charge in [0.25, 0.3) is 0 Å². The van der Waals surface area contributed by atoms with Crippen molar-refractivity contribution in [2.75, 3.05) is 0 Å². The Labute approximate surface area is 146 Å². The summed E-state index contributed by atoms with van der Waals surface area (Å²) in [7, 11) is 0. The van der Waals surface area contributed by atoms with Crippen molar-refractivity contribution in [3.05, 3.63) is 35.1 Å². The summed E-state index contributed by atoms with van der Waals surface area (Å²) >= 11 is 0. The number of aryl methyl sites for hydroxylation is 1. The Morgan fingerprint density at radius 2 is 1.67 bits per heavy atom. The molecule has 3 saturated carbocycles. The smallest absolute Gasteiger partial charge is 0.449 e. The Morgan fingerprint density at radius 1 is 1.11 bits per heavy atom. The molecule has 1 aromatic rings. The van der Waals surface area contributed by atoms with Crippen LogP contribution in [0.5, 0.6) is 0 Å². The maximum atomic E-state index is 13.1. The molecule has 0 atom stereocenters. The third kappa shape index (κ3) is 1.87. The molecule has 0 spiro atoms. The van der Waals surface area contributed by atoms with Crippen LogP contribution in [0.3, 0.4) is 0 Å². The van der Waals surface area contributed by atoms with Gasteiger partial charge in [-0.05, 0) is 29.5 Å². The number of hydrogen-bond acceptors (Lipinski definition) is 0. The zero-order valence-corrected chi connectivity index (χ0v) is 13.6. The van der Waals surface area contributed by atoms with E-state index in [1.54, 1.807) is 19.1 Å². The second-order valence-corrected chi connectivity index (χ2v) is 5.71. The van der Waals surface area contributed by atoms with Crippen molar-refractivity contribution >= 4 is 6.98 Å². The van der Waals surface area contributed by atoms with Crippen LogP contribution in [0.2, 0.25) is 5.31 Å². The molecule has 18 heavy (non-hydrogen) atoms. The molecule has 0 heterocycles. The van der Waals surface area contributed by atoms with Gasteiger partial charge in [0.05, 0.1) is 0 Å². The predicted octanol–water partition coefficient (Wildman–Crippen LogP) is 1.16. The molecule has 0 N–H and O–H groups in total. The Kier molecular flexibility index (Phi) is 3.61. The fourth-order valence-corrected chi connectivity index (χ4v) is 3.49. The third-order valence-electron chi connectivity index (χ3n) is 4.54. The van der Waals surface area contributed by atoms with Crippen LogP contribution in [0.1, 0.15) is 30.4 Å². The van der Waals surface area contributed by atoms with Crippen molar-refractivity contribution in [1.82, 2.24) is 0 Å². The predicted molar refractivity (Wildman–Crippen MR) is 58.4 cm³/mol. The first-order valence-corrected chi connectivity index (χ1v) is 5.74. The van der Waals surface area contributed by atoms with Gasteiger partial charge in [0, 0.05) is 0 Å². The van der Waals surface area contributed by atoms with Gasteiger partial charge in [-0.1, -0.05) is 36.7 Å². The normalized spacial score (nSPS) is 33.2. The molecule has 0 nitrogen and oxygen atoms in total. The molecule has 92 valence electrons. The standard InChI is InChI=1S/C12H12BF4.K/c1-8-4-9(2-3-10(8)14)11-5-12(6-11,7-11)13(15,16)17;/h2-4H,5-7H2,1H3;/q-1;+1. The molecule has 6 heteroatoms. The average molecular weight is 282 g/mol. The molecule has 0 amide bonds. The summed E-state index contributed by atoms with van der Waals surface area (Å²) in [6.45, 7) is -3.08. The fourth-order valence-electron chi connectivity index (χ4n) is 3.49.